The number of amides is 1. The average Bonchev–Trinajstić information content (AvgIpc) is 2.97. The van der Waals surface area contributed by atoms with Crippen LogP contribution in [-0.2, 0) is 4.79 Å². The maximum absolute atomic E-state index is 15.8. The van der Waals surface area contributed by atoms with Crippen molar-refractivity contribution in [2.75, 3.05) is 30.3 Å². The summed E-state index contributed by atoms with van der Waals surface area (Å²) in [4.78, 5) is 42.6. The van der Waals surface area contributed by atoms with Crippen molar-refractivity contribution in [3.63, 3.8) is 0 Å². The number of hydrogen-bond donors (Lipinski definition) is 1. The number of rotatable bonds is 5. The van der Waals surface area contributed by atoms with Gasteiger partial charge in [-0.15, -0.1) is 0 Å². The molecule has 1 saturated heterocycles. The first-order valence-electron chi connectivity index (χ1n) is 13.6. The Bertz CT molecular complexity index is 1860. The van der Waals surface area contributed by atoms with Crippen LogP contribution in [0, 0.1) is 30.2 Å². The Morgan fingerprint density at radius 2 is 1.84 bits per heavy atom. The summed E-state index contributed by atoms with van der Waals surface area (Å²) in [5, 5.41) is 0.102. The second-order valence-corrected chi connectivity index (χ2v) is 10.7. The number of halogens is 4. The number of nitrogen functional groups attached to an aromatic ring is 1. The molecule has 0 bridgehead atoms. The number of carbonyl (C=O) groups excluding carboxylic acids is 1. The summed E-state index contributed by atoms with van der Waals surface area (Å²) in [6.45, 7) is 11.7. The summed E-state index contributed by atoms with van der Waals surface area (Å²) in [6.07, 6.45) is 2.80. The molecule has 224 valence electrons. The Kier molecular flexibility index (Phi) is 7.67. The van der Waals surface area contributed by atoms with E-state index < -0.39 is 45.9 Å². The van der Waals surface area contributed by atoms with Gasteiger partial charge in [0.2, 0.25) is 5.91 Å². The quantitative estimate of drug-likeness (QED) is 0.155. The highest BCUT2D eigenvalue weighted by Crippen LogP contribution is 2.35. The van der Waals surface area contributed by atoms with Gasteiger partial charge in [0.05, 0.1) is 22.5 Å². The number of aromatic nitrogens is 4. The zero-order valence-electron chi connectivity index (χ0n) is 24.0. The fourth-order valence-corrected chi connectivity index (χ4v) is 5.40. The lowest BCUT2D eigenvalue weighted by Gasteiger charge is -2.40. The van der Waals surface area contributed by atoms with Crippen LogP contribution < -0.4 is 16.3 Å². The van der Waals surface area contributed by atoms with E-state index in [-0.39, 0.29) is 54.4 Å². The molecule has 43 heavy (non-hydrogen) atoms. The number of aryl methyl sites for hydroxylation is 1. The topological polar surface area (TPSA) is 110 Å². The first kappa shape index (κ1) is 29.7. The summed E-state index contributed by atoms with van der Waals surface area (Å²) >= 11 is 0. The molecule has 1 fully saturated rings. The van der Waals surface area contributed by atoms with E-state index in [0.29, 0.717) is 16.9 Å². The van der Waals surface area contributed by atoms with Crippen LogP contribution in [0.4, 0.5) is 29.1 Å². The standard InChI is InChI=1S/C30H29F4N7O2/c1-6-21(42)39-9-10-40(16(5)13-39)28-18-11-19(31)26(17-12-20(35)23(33)24(34)22(17)32)37-29(18)41(30(43)38-28)27-15(4)7-8-36-25(27)14(2)3/h6-8,11-12,14,16H,1,9-10,13,35H2,2-5H3. The third-order valence-electron chi connectivity index (χ3n) is 7.54. The Morgan fingerprint density at radius 3 is 2.49 bits per heavy atom. The molecule has 1 atom stereocenters. The lowest BCUT2D eigenvalue weighted by atomic mass is 10.0. The Labute approximate surface area is 244 Å². The second-order valence-electron chi connectivity index (χ2n) is 10.7. The lowest BCUT2D eigenvalue weighted by molar-refractivity contribution is -0.126. The summed E-state index contributed by atoms with van der Waals surface area (Å²) in [5.41, 5.74) is 4.05. The number of piperazine rings is 1. The number of fused-ring (bicyclic) bond motifs is 1. The first-order chi connectivity index (χ1) is 20.3. The van der Waals surface area contributed by atoms with Crippen molar-refractivity contribution in [1.29, 1.82) is 0 Å². The van der Waals surface area contributed by atoms with Gasteiger partial charge in [-0.2, -0.15) is 4.98 Å². The van der Waals surface area contributed by atoms with Crippen LogP contribution in [0.25, 0.3) is 28.0 Å². The predicted octanol–water partition coefficient (Wildman–Crippen LogP) is 4.64. The van der Waals surface area contributed by atoms with Crippen molar-refractivity contribution in [2.45, 2.75) is 39.7 Å². The first-order valence-corrected chi connectivity index (χ1v) is 13.6. The molecule has 13 heteroatoms. The molecule has 4 aromatic rings. The second kappa shape index (κ2) is 11.1. The van der Waals surface area contributed by atoms with Gasteiger partial charge in [-0.1, -0.05) is 20.4 Å². The molecule has 1 aliphatic rings. The molecule has 2 N–H and O–H groups in total. The van der Waals surface area contributed by atoms with Crippen molar-refractivity contribution >= 4 is 28.4 Å². The number of hydrogen-bond acceptors (Lipinski definition) is 7. The van der Waals surface area contributed by atoms with Gasteiger partial charge in [0.15, 0.2) is 23.1 Å². The fourth-order valence-electron chi connectivity index (χ4n) is 5.40. The molecule has 9 nitrogen and oxygen atoms in total. The smallest absolute Gasteiger partial charge is 0.355 e. The average molecular weight is 596 g/mol. The molecule has 4 heterocycles. The molecule has 0 radical (unpaired) electrons. The molecule has 0 spiro atoms. The maximum Gasteiger partial charge on any atom is 0.355 e. The predicted molar refractivity (Wildman–Crippen MR) is 155 cm³/mol. The van der Waals surface area contributed by atoms with Crippen molar-refractivity contribution in [2.24, 2.45) is 0 Å². The molecule has 0 saturated carbocycles. The molecule has 1 aromatic carbocycles. The van der Waals surface area contributed by atoms with Gasteiger partial charge in [-0.05, 0) is 49.6 Å². The van der Waals surface area contributed by atoms with Gasteiger partial charge in [0.1, 0.15) is 17.3 Å². The number of nitrogens with two attached hydrogens (primary N) is 1. The van der Waals surface area contributed by atoms with E-state index in [9.17, 15) is 22.8 Å². The molecule has 5 rings (SSSR count). The summed E-state index contributed by atoms with van der Waals surface area (Å²) in [5.74, 6) is -6.56. The van der Waals surface area contributed by atoms with Crippen LogP contribution in [0.15, 0.2) is 41.8 Å². The molecule has 1 aliphatic heterocycles. The van der Waals surface area contributed by atoms with Gasteiger partial charge < -0.3 is 15.5 Å². The largest absolute Gasteiger partial charge is 0.396 e. The van der Waals surface area contributed by atoms with Gasteiger partial charge in [0, 0.05) is 37.4 Å². The number of anilines is 2. The summed E-state index contributed by atoms with van der Waals surface area (Å²) in [6, 6.07) is 3.12. The Morgan fingerprint density at radius 1 is 1.12 bits per heavy atom. The van der Waals surface area contributed by atoms with Gasteiger partial charge in [-0.25, -0.2) is 31.9 Å². The van der Waals surface area contributed by atoms with E-state index in [4.69, 9.17) is 5.73 Å². The zero-order valence-corrected chi connectivity index (χ0v) is 24.0. The Balaban J connectivity index is 1.84. The highest BCUT2D eigenvalue weighted by molar-refractivity contribution is 5.91. The number of carbonyl (C=O) groups is 1. The van der Waals surface area contributed by atoms with Crippen LogP contribution in [0.3, 0.4) is 0 Å². The maximum atomic E-state index is 15.8. The SMILES string of the molecule is C=CC(=O)N1CCN(c2nc(=O)n(-c3c(C)ccnc3C(C)C)c3nc(-c4cc(N)c(F)c(F)c4F)c(F)cc23)C(C)C1. The van der Waals surface area contributed by atoms with E-state index in [2.05, 4.69) is 21.5 Å². The monoisotopic (exact) mass is 595 g/mol. The van der Waals surface area contributed by atoms with Gasteiger partial charge >= 0.3 is 5.69 Å². The normalized spacial score (nSPS) is 15.4. The molecule has 1 unspecified atom stereocenters. The Hall–Kier alpha value is -4.81. The minimum Gasteiger partial charge on any atom is -0.396 e. The van der Waals surface area contributed by atoms with Crippen molar-refractivity contribution < 1.29 is 22.4 Å². The fraction of sp³-hybridized carbons (Fsp3) is 0.300. The third kappa shape index (κ3) is 4.98. The van der Waals surface area contributed by atoms with Crippen LogP contribution in [0.5, 0.6) is 0 Å². The molecule has 0 aliphatic carbocycles. The summed E-state index contributed by atoms with van der Waals surface area (Å²) in [7, 11) is 0. The minimum atomic E-state index is -1.88. The van der Waals surface area contributed by atoms with E-state index in [1.54, 1.807) is 29.0 Å². The van der Waals surface area contributed by atoms with Gasteiger partial charge in [-0.3, -0.25) is 9.78 Å². The molecule has 1 amide bonds. The van der Waals surface area contributed by atoms with Crippen LogP contribution in [-0.4, -0.2) is 56.0 Å². The van der Waals surface area contributed by atoms with Crippen LogP contribution in [0.2, 0.25) is 0 Å². The van der Waals surface area contributed by atoms with E-state index in [1.165, 1.54) is 10.6 Å². The minimum absolute atomic E-state index is 0.102. The van der Waals surface area contributed by atoms with Crippen molar-refractivity contribution in [3.05, 3.63) is 82.1 Å². The van der Waals surface area contributed by atoms with Crippen LogP contribution in [0.1, 0.15) is 37.9 Å². The number of pyridine rings is 2. The van der Waals surface area contributed by atoms with Crippen molar-refractivity contribution in [1.82, 2.24) is 24.4 Å². The lowest BCUT2D eigenvalue weighted by Crippen LogP contribution is -2.54. The molecular weight excluding hydrogens is 566 g/mol. The highest BCUT2D eigenvalue weighted by Gasteiger charge is 2.31. The third-order valence-corrected chi connectivity index (χ3v) is 7.54. The van der Waals surface area contributed by atoms with Crippen LogP contribution >= 0.6 is 0 Å². The number of nitrogens with zero attached hydrogens (tertiary/aromatic N) is 6. The van der Waals surface area contributed by atoms with E-state index >= 15 is 4.39 Å². The molecular formula is C30H29F4N7O2. The molecule has 3 aromatic heterocycles. The number of benzene rings is 1. The van der Waals surface area contributed by atoms with Gasteiger partial charge in [0.25, 0.3) is 0 Å². The highest BCUT2D eigenvalue weighted by atomic mass is 19.2. The van der Waals surface area contributed by atoms with Crippen molar-refractivity contribution in [3.8, 4) is 16.9 Å². The summed E-state index contributed by atoms with van der Waals surface area (Å²) < 4.78 is 60.3. The van der Waals surface area contributed by atoms with E-state index in [0.717, 1.165) is 12.1 Å². The zero-order chi connectivity index (χ0) is 31.3. The van der Waals surface area contributed by atoms with E-state index in [1.807, 2.05) is 20.8 Å².